The van der Waals surface area contributed by atoms with Crippen LogP contribution in [-0.4, -0.2) is 66.6 Å². The van der Waals surface area contributed by atoms with Crippen LogP contribution in [0.5, 0.6) is 0 Å². The lowest BCUT2D eigenvalue weighted by atomic mass is 10.1. The Bertz CT molecular complexity index is 892. The van der Waals surface area contributed by atoms with Crippen molar-refractivity contribution in [1.29, 1.82) is 0 Å². The van der Waals surface area contributed by atoms with E-state index in [2.05, 4.69) is 4.90 Å². The summed E-state index contributed by atoms with van der Waals surface area (Å²) < 4.78 is 13.2. The zero-order chi connectivity index (χ0) is 20.9. The number of carbonyl (C=O) groups excluding carboxylic acids is 2. The largest absolute Gasteiger partial charge is 0.368 e. The smallest absolute Gasteiger partial charge is 0.255 e. The molecular formula is C23H26FN3O2S. The van der Waals surface area contributed by atoms with Crippen LogP contribution >= 0.6 is 11.8 Å². The zero-order valence-corrected chi connectivity index (χ0v) is 17.7. The summed E-state index contributed by atoms with van der Waals surface area (Å²) in [6.07, 6.45) is 2.16. The number of rotatable bonds is 5. The Kier molecular flexibility index (Phi) is 6.57. The van der Waals surface area contributed by atoms with Crippen molar-refractivity contribution in [3.8, 4) is 0 Å². The van der Waals surface area contributed by atoms with E-state index in [0.29, 0.717) is 37.5 Å². The molecule has 0 bridgehead atoms. The molecule has 158 valence electrons. The molecule has 5 nitrogen and oxygen atoms in total. The molecular weight excluding hydrogens is 401 g/mol. The maximum atomic E-state index is 13.2. The van der Waals surface area contributed by atoms with Gasteiger partial charge < -0.3 is 14.7 Å². The number of likely N-dealkylation sites (tertiary alicyclic amines) is 1. The van der Waals surface area contributed by atoms with Crippen molar-refractivity contribution in [3.63, 3.8) is 0 Å². The van der Waals surface area contributed by atoms with Gasteiger partial charge in [0.1, 0.15) is 5.82 Å². The molecule has 2 aliphatic heterocycles. The summed E-state index contributed by atoms with van der Waals surface area (Å²) in [6, 6.07) is 14.0. The van der Waals surface area contributed by atoms with E-state index in [1.807, 2.05) is 34.1 Å². The summed E-state index contributed by atoms with van der Waals surface area (Å²) >= 11 is 1.45. The molecule has 2 fully saturated rings. The van der Waals surface area contributed by atoms with E-state index in [1.54, 1.807) is 12.1 Å². The summed E-state index contributed by atoms with van der Waals surface area (Å²) in [6.45, 7) is 4.33. The molecule has 2 aromatic carbocycles. The lowest BCUT2D eigenvalue weighted by Crippen LogP contribution is -2.48. The number of halogens is 1. The van der Waals surface area contributed by atoms with Crippen LogP contribution in [-0.2, 0) is 4.79 Å². The third-order valence-corrected chi connectivity index (χ3v) is 6.74. The number of amides is 2. The maximum Gasteiger partial charge on any atom is 0.255 e. The number of anilines is 1. The zero-order valence-electron chi connectivity index (χ0n) is 16.9. The highest BCUT2D eigenvalue weighted by atomic mass is 32.2. The topological polar surface area (TPSA) is 43.9 Å². The van der Waals surface area contributed by atoms with E-state index < -0.39 is 0 Å². The first-order chi connectivity index (χ1) is 14.6. The Morgan fingerprint density at radius 2 is 1.50 bits per heavy atom. The minimum atomic E-state index is -0.245. The van der Waals surface area contributed by atoms with E-state index in [1.165, 1.54) is 23.9 Å². The van der Waals surface area contributed by atoms with Crippen molar-refractivity contribution in [2.75, 3.05) is 49.9 Å². The van der Waals surface area contributed by atoms with Crippen LogP contribution in [0.25, 0.3) is 0 Å². The van der Waals surface area contributed by atoms with Gasteiger partial charge in [-0.25, -0.2) is 4.39 Å². The van der Waals surface area contributed by atoms with Gasteiger partial charge >= 0.3 is 0 Å². The van der Waals surface area contributed by atoms with Crippen LogP contribution in [0.3, 0.4) is 0 Å². The molecule has 7 heteroatoms. The fourth-order valence-electron chi connectivity index (χ4n) is 3.96. The van der Waals surface area contributed by atoms with Gasteiger partial charge in [0.2, 0.25) is 5.91 Å². The molecule has 0 saturated carbocycles. The fraction of sp³-hybridized carbons (Fsp3) is 0.391. The van der Waals surface area contributed by atoms with Gasteiger partial charge in [-0.05, 0) is 49.2 Å². The van der Waals surface area contributed by atoms with Gasteiger partial charge in [-0.15, -0.1) is 11.8 Å². The average Bonchev–Trinajstić information content (AvgIpc) is 3.33. The van der Waals surface area contributed by atoms with Crippen LogP contribution in [0.15, 0.2) is 53.4 Å². The lowest BCUT2D eigenvalue weighted by molar-refractivity contribution is -0.127. The fourth-order valence-corrected chi connectivity index (χ4v) is 4.90. The molecule has 0 atom stereocenters. The normalized spacial score (nSPS) is 16.8. The minimum absolute atomic E-state index is 0.00507. The Morgan fingerprint density at radius 1 is 0.833 bits per heavy atom. The molecule has 0 radical (unpaired) electrons. The highest BCUT2D eigenvalue weighted by Crippen LogP contribution is 2.26. The average molecular weight is 428 g/mol. The molecule has 4 rings (SSSR count). The summed E-state index contributed by atoms with van der Waals surface area (Å²) in [5, 5.41) is 0. The Labute approximate surface area is 180 Å². The second-order valence-electron chi connectivity index (χ2n) is 7.63. The molecule has 30 heavy (non-hydrogen) atoms. The maximum absolute atomic E-state index is 13.2. The van der Waals surface area contributed by atoms with Gasteiger partial charge in [-0.1, -0.05) is 12.1 Å². The number of hydrogen-bond donors (Lipinski definition) is 0. The summed E-state index contributed by atoms with van der Waals surface area (Å²) in [5.74, 6) is 0.269. The first-order valence-corrected chi connectivity index (χ1v) is 11.4. The second kappa shape index (κ2) is 9.51. The van der Waals surface area contributed by atoms with Crippen molar-refractivity contribution in [1.82, 2.24) is 9.80 Å². The Balaban J connectivity index is 1.36. The van der Waals surface area contributed by atoms with Crippen LogP contribution in [0.1, 0.15) is 23.2 Å². The predicted molar refractivity (Wildman–Crippen MR) is 117 cm³/mol. The van der Waals surface area contributed by atoms with Gasteiger partial charge in [-0.3, -0.25) is 9.59 Å². The summed E-state index contributed by atoms with van der Waals surface area (Å²) in [5.41, 5.74) is 1.63. The van der Waals surface area contributed by atoms with E-state index in [4.69, 9.17) is 0 Å². The van der Waals surface area contributed by atoms with E-state index in [-0.39, 0.29) is 17.6 Å². The number of hydrogen-bond acceptors (Lipinski definition) is 4. The summed E-state index contributed by atoms with van der Waals surface area (Å²) in [4.78, 5) is 32.3. The first kappa shape index (κ1) is 20.7. The van der Waals surface area contributed by atoms with Gasteiger partial charge in [0.05, 0.1) is 11.3 Å². The molecule has 0 unspecified atom stereocenters. The molecule has 2 amide bonds. The van der Waals surface area contributed by atoms with Gasteiger partial charge in [0.25, 0.3) is 5.91 Å². The first-order valence-electron chi connectivity index (χ1n) is 10.4. The van der Waals surface area contributed by atoms with Gasteiger partial charge in [-0.2, -0.15) is 0 Å². The second-order valence-corrected chi connectivity index (χ2v) is 8.65. The monoisotopic (exact) mass is 427 g/mol. The lowest BCUT2D eigenvalue weighted by Gasteiger charge is -2.36. The summed E-state index contributed by atoms with van der Waals surface area (Å²) in [7, 11) is 0. The molecule has 2 heterocycles. The number of thioether (sulfide) groups is 1. The molecule has 0 aromatic heterocycles. The van der Waals surface area contributed by atoms with Crippen molar-refractivity contribution in [2.24, 2.45) is 0 Å². The van der Waals surface area contributed by atoms with Gasteiger partial charge in [0.15, 0.2) is 0 Å². The molecule has 0 N–H and O–H groups in total. The highest BCUT2D eigenvalue weighted by Gasteiger charge is 2.25. The number of piperazine rings is 1. The third kappa shape index (κ3) is 4.78. The number of carbonyl (C=O) groups is 2. The standard InChI is InChI=1S/C23H26FN3O2S/c24-18-7-9-19(10-8-18)25-13-15-27(16-14-25)23(29)20-5-1-2-6-21(20)30-17-22(28)26-11-3-4-12-26/h1-2,5-10H,3-4,11-17H2. The Hall–Kier alpha value is -2.54. The molecule has 2 aliphatic rings. The predicted octanol–water partition coefficient (Wildman–Crippen LogP) is 3.50. The van der Waals surface area contributed by atoms with Crippen molar-refractivity contribution in [2.45, 2.75) is 17.7 Å². The van der Waals surface area contributed by atoms with Crippen molar-refractivity contribution in [3.05, 3.63) is 59.9 Å². The molecule has 2 aromatic rings. The van der Waals surface area contributed by atoms with E-state index >= 15 is 0 Å². The van der Waals surface area contributed by atoms with Crippen LogP contribution < -0.4 is 4.90 Å². The quantitative estimate of drug-likeness (QED) is 0.685. The van der Waals surface area contributed by atoms with Crippen molar-refractivity contribution >= 4 is 29.3 Å². The molecule has 2 saturated heterocycles. The highest BCUT2D eigenvalue weighted by molar-refractivity contribution is 8.00. The molecule has 0 aliphatic carbocycles. The Morgan fingerprint density at radius 3 is 2.20 bits per heavy atom. The third-order valence-electron chi connectivity index (χ3n) is 5.69. The van der Waals surface area contributed by atoms with E-state index in [9.17, 15) is 14.0 Å². The number of benzene rings is 2. The van der Waals surface area contributed by atoms with Crippen LogP contribution in [0.4, 0.5) is 10.1 Å². The number of nitrogens with zero attached hydrogens (tertiary/aromatic N) is 3. The van der Waals surface area contributed by atoms with Crippen LogP contribution in [0.2, 0.25) is 0 Å². The van der Waals surface area contributed by atoms with E-state index in [0.717, 1.165) is 36.5 Å². The van der Waals surface area contributed by atoms with Gasteiger partial charge in [0, 0.05) is 49.9 Å². The van der Waals surface area contributed by atoms with Crippen molar-refractivity contribution < 1.29 is 14.0 Å². The van der Waals surface area contributed by atoms with Crippen LogP contribution in [0, 0.1) is 5.82 Å². The minimum Gasteiger partial charge on any atom is -0.368 e. The SMILES string of the molecule is O=C(CSc1ccccc1C(=O)N1CCN(c2ccc(F)cc2)CC1)N1CCCC1. The molecule has 0 spiro atoms.